The third-order valence-electron chi connectivity index (χ3n) is 1.97. The van der Waals surface area contributed by atoms with Crippen LogP contribution in [0.5, 0.6) is 0 Å². The van der Waals surface area contributed by atoms with E-state index in [9.17, 15) is 4.79 Å². The second-order valence-electron chi connectivity index (χ2n) is 2.96. The number of benzene rings is 1. The molecule has 0 unspecified atom stereocenters. The normalized spacial score (nSPS) is 10.2. The number of aromatic amines is 1. The first kappa shape index (κ1) is 9.51. The minimum Gasteiger partial charge on any atom is -0.450 e. The van der Waals surface area contributed by atoms with Gasteiger partial charge in [-0.1, -0.05) is 12.1 Å². The van der Waals surface area contributed by atoms with Gasteiger partial charge in [-0.05, 0) is 19.1 Å². The number of fused-ring (bicyclic) bond motifs is 1. The van der Waals surface area contributed by atoms with Crippen molar-refractivity contribution in [1.29, 1.82) is 0 Å². The van der Waals surface area contributed by atoms with Gasteiger partial charge in [-0.2, -0.15) is 5.10 Å². The Labute approximate surface area is 86.4 Å². The van der Waals surface area contributed by atoms with Crippen molar-refractivity contribution in [2.24, 2.45) is 0 Å². The Balaban J connectivity index is 2.25. The Morgan fingerprint density at radius 2 is 2.33 bits per heavy atom. The molecule has 0 bridgehead atoms. The number of para-hydroxylation sites is 1. The Bertz CT molecular complexity index is 478. The van der Waals surface area contributed by atoms with E-state index in [0.717, 1.165) is 10.9 Å². The summed E-state index contributed by atoms with van der Waals surface area (Å²) in [6, 6.07) is 7.54. The number of hydrogen-bond acceptors (Lipinski definition) is 3. The highest BCUT2D eigenvalue weighted by Gasteiger charge is 2.08. The molecule has 0 aliphatic carbocycles. The summed E-state index contributed by atoms with van der Waals surface area (Å²) in [7, 11) is 0. The first-order valence-electron chi connectivity index (χ1n) is 4.68. The number of amides is 1. The number of aromatic nitrogens is 2. The number of carbonyl (C=O) groups is 1. The van der Waals surface area contributed by atoms with Gasteiger partial charge in [0, 0.05) is 5.39 Å². The summed E-state index contributed by atoms with van der Waals surface area (Å²) in [5, 5.41) is 10.2. The van der Waals surface area contributed by atoms with Crippen molar-refractivity contribution in [2.45, 2.75) is 6.92 Å². The van der Waals surface area contributed by atoms with Gasteiger partial charge >= 0.3 is 6.09 Å². The summed E-state index contributed by atoms with van der Waals surface area (Å²) in [6.07, 6.45) is -0.491. The number of H-pyrrole nitrogens is 1. The SMILES string of the molecule is CCOC(=O)Nc1n[nH]c2ccccc12. The fourth-order valence-corrected chi connectivity index (χ4v) is 1.32. The molecule has 1 aromatic heterocycles. The van der Waals surface area contributed by atoms with Crippen molar-refractivity contribution >= 4 is 22.8 Å². The molecule has 15 heavy (non-hydrogen) atoms. The highest BCUT2D eigenvalue weighted by molar-refractivity contribution is 5.96. The predicted molar refractivity (Wildman–Crippen MR) is 56.7 cm³/mol. The van der Waals surface area contributed by atoms with Gasteiger partial charge in [-0.3, -0.25) is 10.4 Å². The molecule has 78 valence electrons. The minimum atomic E-state index is -0.491. The first-order chi connectivity index (χ1) is 7.31. The van der Waals surface area contributed by atoms with Gasteiger partial charge in [0.05, 0.1) is 12.1 Å². The van der Waals surface area contributed by atoms with Crippen molar-refractivity contribution in [1.82, 2.24) is 10.2 Å². The smallest absolute Gasteiger partial charge is 0.412 e. The molecule has 0 aliphatic heterocycles. The maximum atomic E-state index is 11.2. The van der Waals surface area contributed by atoms with Gasteiger partial charge in [-0.25, -0.2) is 4.79 Å². The van der Waals surface area contributed by atoms with E-state index in [1.54, 1.807) is 6.92 Å². The molecule has 2 rings (SSSR count). The van der Waals surface area contributed by atoms with Gasteiger partial charge in [-0.15, -0.1) is 0 Å². The Morgan fingerprint density at radius 1 is 1.53 bits per heavy atom. The lowest BCUT2D eigenvalue weighted by Crippen LogP contribution is -2.13. The average Bonchev–Trinajstić information content (AvgIpc) is 2.62. The molecule has 1 aromatic carbocycles. The van der Waals surface area contributed by atoms with Crippen LogP contribution in [0.25, 0.3) is 10.9 Å². The van der Waals surface area contributed by atoms with Crippen molar-refractivity contribution in [3.8, 4) is 0 Å². The monoisotopic (exact) mass is 205 g/mol. The minimum absolute atomic E-state index is 0.341. The maximum Gasteiger partial charge on any atom is 0.412 e. The van der Waals surface area contributed by atoms with Crippen LogP contribution in [0.3, 0.4) is 0 Å². The molecule has 0 spiro atoms. The average molecular weight is 205 g/mol. The third kappa shape index (κ3) is 1.90. The van der Waals surface area contributed by atoms with Gasteiger partial charge in [0.2, 0.25) is 0 Å². The Kier molecular flexibility index (Phi) is 2.53. The lowest BCUT2D eigenvalue weighted by atomic mass is 10.2. The van der Waals surface area contributed by atoms with E-state index in [1.165, 1.54) is 0 Å². The summed E-state index contributed by atoms with van der Waals surface area (Å²) >= 11 is 0. The molecule has 1 heterocycles. The zero-order valence-corrected chi connectivity index (χ0v) is 8.28. The molecule has 0 saturated carbocycles. The molecule has 2 N–H and O–H groups in total. The van der Waals surface area contributed by atoms with Crippen LogP contribution in [0.2, 0.25) is 0 Å². The van der Waals surface area contributed by atoms with Crippen molar-refractivity contribution in [3.63, 3.8) is 0 Å². The van der Waals surface area contributed by atoms with Crippen LogP contribution in [0.15, 0.2) is 24.3 Å². The molecule has 0 fully saturated rings. The zero-order chi connectivity index (χ0) is 10.7. The highest BCUT2D eigenvalue weighted by atomic mass is 16.5. The molecular weight excluding hydrogens is 194 g/mol. The van der Waals surface area contributed by atoms with Gasteiger partial charge < -0.3 is 4.74 Å². The van der Waals surface area contributed by atoms with Crippen molar-refractivity contribution in [2.75, 3.05) is 11.9 Å². The summed E-state index contributed by atoms with van der Waals surface area (Å²) in [6.45, 7) is 2.09. The number of rotatable bonds is 2. The predicted octanol–water partition coefficient (Wildman–Crippen LogP) is 2.13. The number of nitrogens with zero attached hydrogens (tertiary/aromatic N) is 1. The molecule has 1 amide bonds. The van der Waals surface area contributed by atoms with Crippen LogP contribution in [-0.2, 0) is 4.74 Å². The number of hydrogen-bond donors (Lipinski definition) is 2. The molecule has 5 heteroatoms. The van der Waals surface area contributed by atoms with Crippen LogP contribution in [0, 0.1) is 0 Å². The summed E-state index contributed by atoms with van der Waals surface area (Å²) in [5.41, 5.74) is 0.879. The Morgan fingerprint density at radius 3 is 3.13 bits per heavy atom. The molecule has 0 atom stereocenters. The molecule has 0 aliphatic rings. The third-order valence-corrected chi connectivity index (χ3v) is 1.97. The van der Waals surface area contributed by atoms with Crippen molar-refractivity contribution in [3.05, 3.63) is 24.3 Å². The van der Waals surface area contributed by atoms with Crippen LogP contribution in [0.1, 0.15) is 6.92 Å². The first-order valence-corrected chi connectivity index (χ1v) is 4.68. The van der Waals surface area contributed by atoms with Crippen LogP contribution in [-0.4, -0.2) is 22.9 Å². The van der Waals surface area contributed by atoms with Crippen LogP contribution >= 0.6 is 0 Å². The fourth-order valence-electron chi connectivity index (χ4n) is 1.32. The fraction of sp³-hybridized carbons (Fsp3) is 0.200. The number of nitrogens with one attached hydrogen (secondary N) is 2. The van der Waals surface area contributed by atoms with E-state index in [0.29, 0.717) is 12.4 Å². The van der Waals surface area contributed by atoms with E-state index >= 15 is 0 Å². The number of ether oxygens (including phenoxy) is 1. The Hall–Kier alpha value is -2.04. The topological polar surface area (TPSA) is 67.0 Å². The van der Waals surface area contributed by atoms with Gasteiger partial charge in [0.25, 0.3) is 0 Å². The quantitative estimate of drug-likeness (QED) is 0.789. The van der Waals surface area contributed by atoms with Crippen LogP contribution in [0.4, 0.5) is 10.6 Å². The lowest BCUT2D eigenvalue weighted by molar-refractivity contribution is 0.168. The van der Waals surface area contributed by atoms with E-state index in [-0.39, 0.29) is 0 Å². The summed E-state index contributed by atoms with van der Waals surface area (Å²) in [4.78, 5) is 11.2. The standard InChI is InChI=1S/C10H11N3O2/c1-2-15-10(14)11-9-7-5-3-4-6-8(7)12-13-9/h3-6H,2H2,1H3,(H2,11,12,13,14). The van der Waals surface area contributed by atoms with E-state index < -0.39 is 6.09 Å². The molecule has 0 saturated heterocycles. The molecular formula is C10H11N3O2. The largest absolute Gasteiger partial charge is 0.450 e. The van der Waals surface area contributed by atoms with Gasteiger partial charge in [0.1, 0.15) is 0 Å². The van der Waals surface area contributed by atoms with Crippen molar-refractivity contribution < 1.29 is 9.53 Å². The van der Waals surface area contributed by atoms with E-state index in [1.807, 2.05) is 24.3 Å². The molecule has 5 nitrogen and oxygen atoms in total. The zero-order valence-electron chi connectivity index (χ0n) is 8.28. The maximum absolute atomic E-state index is 11.2. The lowest BCUT2D eigenvalue weighted by Gasteiger charge is -2.01. The summed E-state index contributed by atoms with van der Waals surface area (Å²) < 4.78 is 4.76. The summed E-state index contributed by atoms with van der Waals surface area (Å²) in [5.74, 6) is 0.490. The van der Waals surface area contributed by atoms with Gasteiger partial charge in [0.15, 0.2) is 5.82 Å². The molecule has 0 radical (unpaired) electrons. The molecule has 2 aromatic rings. The second kappa shape index (κ2) is 4.00. The van der Waals surface area contributed by atoms with E-state index in [4.69, 9.17) is 4.74 Å². The number of carbonyl (C=O) groups excluding carboxylic acids is 1. The van der Waals surface area contributed by atoms with E-state index in [2.05, 4.69) is 15.5 Å². The second-order valence-corrected chi connectivity index (χ2v) is 2.96. The van der Waals surface area contributed by atoms with Crippen LogP contribution < -0.4 is 5.32 Å². The number of anilines is 1. The highest BCUT2D eigenvalue weighted by Crippen LogP contribution is 2.19.